The van der Waals surface area contributed by atoms with Gasteiger partial charge in [-0.15, -0.1) is 0 Å². The molecule has 1 saturated heterocycles. The monoisotopic (exact) mass is 362 g/mol. The van der Waals surface area contributed by atoms with Crippen molar-refractivity contribution in [2.75, 3.05) is 31.1 Å². The number of para-hydroxylation sites is 2. The fourth-order valence-electron chi connectivity index (χ4n) is 3.06. The molecule has 0 amide bonds. The SMILES string of the molecule is FC(F)(F)c1ccnc(N2CCN(Cc3nc4ccccc4[nH]3)CC2)n1. The van der Waals surface area contributed by atoms with Gasteiger partial charge in [0.1, 0.15) is 11.5 Å². The molecule has 0 spiro atoms. The molecule has 1 aliphatic heterocycles. The van der Waals surface area contributed by atoms with E-state index in [4.69, 9.17) is 0 Å². The van der Waals surface area contributed by atoms with Crippen LogP contribution in [0.25, 0.3) is 11.0 Å². The molecular formula is C17H17F3N6. The molecule has 4 rings (SSSR count). The molecule has 136 valence electrons. The zero-order chi connectivity index (χ0) is 18.1. The lowest BCUT2D eigenvalue weighted by atomic mass is 10.3. The van der Waals surface area contributed by atoms with E-state index in [1.165, 1.54) is 0 Å². The maximum Gasteiger partial charge on any atom is 0.433 e. The normalized spacial score (nSPS) is 16.3. The average molecular weight is 362 g/mol. The van der Waals surface area contributed by atoms with Gasteiger partial charge in [0.25, 0.3) is 0 Å². The first-order chi connectivity index (χ1) is 12.5. The summed E-state index contributed by atoms with van der Waals surface area (Å²) < 4.78 is 38.4. The first kappa shape index (κ1) is 16.8. The van der Waals surface area contributed by atoms with Crippen LogP contribution in [0.2, 0.25) is 0 Å². The number of halogens is 3. The number of aromatic amines is 1. The van der Waals surface area contributed by atoms with Gasteiger partial charge in [-0.25, -0.2) is 15.0 Å². The summed E-state index contributed by atoms with van der Waals surface area (Å²) in [6.07, 6.45) is -3.30. The molecule has 1 aliphatic rings. The third-order valence-electron chi connectivity index (χ3n) is 4.40. The minimum atomic E-state index is -4.46. The Morgan fingerprint density at radius 2 is 1.77 bits per heavy atom. The summed E-state index contributed by atoms with van der Waals surface area (Å²) in [5.41, 5.74) is 1.02. The van der Waals surface area contributed by atoms with Crippen LogP contribution in [0.15, 0.2) is 36.5 Å². The first-order valence-electron chi connectivity index (χ1n) is 8.30. The molecule has 1 fully saturated rings. The van der Waals surface area contributed by atoms with Crippen molar-refractivity contribution < 1.29 is 13.2 Å². The molecule has 3 heterocycles. The van der Waals surface area contributed by atoms with Crippen molar-refractivity contribution >= 4 is 17.0 Å². The topological polar surface area (TPSA) is 60.9 Å². The number of benzene rings is 1. The number of nitrogens with one attached hydrogen (secondary N) is 1. The van der Waals surface area contributed by atoms with Crippen LogP contribution in [-0.2, 0) is 12.7 Å². The highest BCUT2D eigenvalue weighted by molar-refractivity contribution is 5.74. The number of H-pyrrole nitrogens is 1. The molecule has 3 aromatic rings. The van der Waals surface area contributed by atoms with Gasteiger partial charge in [-0.1, -0.05) is 12.1 Å². The van der Waals surface area contributed by atoms with E-state index in [0.29, 0.717) is 32.7 Å². The summed E-state index contributed by atoms with van der Waals surface area (Å²) in [5, 5.41) is 0. The Labute approximate surface area is 147 Å². The molecular weight excluding hydrogens is 345 g/mol. The lowest BCUT2D eigenvalue weighted by Gasteiger charge is -2.34. The largest absolute Gasteiger partial charge is 0.433 e. The van der Waals surface area contributed by atoms with Crippen molar-refractivity contribution in [2.45, 2.75) is 12.7 Å². The summed E-state index contributed by atoms with van der Waals surface area (Å²) in [4.78, 5) is 19.5. The maximum atomic E-state index is 12.8. The molecule has 0 saturated carbocycles. The standard InChI is InChI=1S/C17H17F3N6/c18-17(19,20)14-5-6-21-16(24-14)26-9-7-25(8-10-26)11-15-22-12-3-1-2-4-13(12)23-15/h1-6H,7-11H2,(H,22,23). The Bertz CT molecular complexity index is 866. The zero-order valence-electron chi connectivity index (χ0n) is 13.9. The van der Waals surface area contributed by atoms with Gasteiger partial charge in [-0.2, -0.15) is 13.2 Å². The maximum absolute atomic E-state index is 12.8. The summed E-state index contributed by atoms with van der Waals surface area (Å²) in [5.74, 6) is 1.01. The fraction of sp³-hybridized carbons (Fsp3) is 0.353. The number of imidazole rings is 1. The van der Waals surface area contributed by atoms with E-state index < -0.39 is 11.9 Å². The van der Waals surface area contributed by atoms with Crippen molar-refractivity contribution in [3.8, 4) is 0 Å². The molecule has 6 nitrogen and oxygen atoms in total. The van der Waals surface area contributed by atoms with Gasteiger partial charge in [-0.05, 0) is 18.2 Å². The van der Waals surface area contributed by atoms with Gasteiger partial charge < -0.3 is 9.88 Å². The van der Waals surface area contributed by atoms with Crippen LogP contribution in [0, 0.1) is 0 Å². The Balaban J connectivity index is 1.39. The van der Waals surface area contributed by atoms with Crippen molar-refractivity contribution in [3.05, 3.63) is 48.0 Å². The van der Waals surface area contributed by atoms with Crippen molar-refractivity contribution in [1.29, 1.82) is 0 Å². The third kappa shape index (κ3) is 3.48. The number of anilines is 1. The second kappa shape index (κ2) is 6.56. The van der Waals surface area contributed by atoms with E-state index in [-0.39, 0.29) is 5.95 Å². The average Bonchev–Trinajstić information content (AvgIpc) is 3.04. The van der Waals surface area contributed by atoms with Crippen LogP contribution < -0.4 is 4.90 Å². The molecule has 0 radical (unpaired) electrons. The first-order valence-corrected chi connectivity index (χ1v) is 8.30. The molecule has 26 heavy (non-hydrogen) atoms. The highest BCUT2D eigenvalue weighted by Crippen LogP contribution is 2.28. The smallest absolute Gasteiger partial charge is 0.341 e. The van der Waals surface area contributed by atoms with Crippen molar-refractivity contribution in [2.24, 2.45) is 0 Å². The number of nitrogens with zero attached hydrogens (tertiary/aromatic N) is 5. The van der Waals surface area contributed by atoms with Crippen LogP contribution in [0.4, 0.5) is 19.1 Å². The van der Waals surface area contributed by atoms with Gasteiger partial charge in [0.2, 0.25) is 5.95 Å². The number of alkyl halides is 3. The number of fused-ring (bicyclic) bond motifs is 1. The number of aromatic nitrogens is 4. The molecule has 9 heteroatoms. The number of hydrogen-bond acceptors (Lipinski definition) is 5. The van der Waals surface area contributed by atoms with Gasteiger partial charge >= 0.3 is 6.18 Å². The second-order valence-corrected chi connectivity index (χ2v) is 6.20. The fourth-order valence-corrected chi connectivity index (χ4v) is 3.06. The van der Waals surface area contributed by atoms with E-state index in [9.17, 15) is 13.2 Å². The predicted octanol–water partition coefficient (Wildman–Crippen LogP) is 2.69. The second-order valence-electron chi connectivity index (χ2n) is 6.20. The lowest BCUT2D eigenvalue weighted by Crippen LogP contribution is -2.46. The summed E-state index contributed by atoms with van der Waals surface area (Å²) in [6.45, 7) is 3.22. The van der Waals surface area contributed by atoms with Gasteiger partial charge in [0, 0.05) is 32.4 Å². The van der Waals surface area contributed by atoms with E-state index in [0.717, 1.165) is 29.1 Å². The molecule has 0 unspecified atom stereocenters. The number of hydrogen-bond donors (Lipinski definition) is 1. The molecule has 0 bridgehead atoms. The number of piperazine rings is 1. The lowest BCUT2D eigenvalue weighted by molar-refractivity contribution is -0.141. The summed E-state index contributed by atoms with van der Waals surface area (Å²) in [7, 11) is 0. The minimum Gasteiger partial charge on any atom is -0.341 e. The van der Waals surface area contributed by atoms with Crippen LogP contribution in [0.5, 0.6) is 0 Å². The van der Waals surface area contributed by atoms with Gasteiger partial charge in [0.05, 0.1) is 17.6 Å². The van der Waals surface area contributed by atoms with Crippen LogP contribution in [0.3, 0.4) is 0 Å². The minimum absolute atomic E-state index is 0.128. The molecule has 1 N–H and O–H groups in total. The Morgan fingerprint density at radius 1 is 1.00 bits per heavy atom. The van der Waals surface area contributed by atoms with E-state index >= 15 is 0 Å². The quantitative estimate of drug-likeness (QED) is 0.776. The van der Waals surface area contributed by atoms with Crippen molar-refractivity contribution in [1.82, 2.24) is 24.8 Å². The molecule has 0 aliphatic carbocycles. The number of rotatable bonds is 3. The van der Waals surface area contributed by atoms with Gasteiger partial charge in [-0.3, -0.25) is 4.90 Å². The van der Waals surface area contributed by atoms with Crippen LogP contribution in [-0.4, -0.2) is 51.0 Å². The Hall–Kier alpha value is -2.68. The molecule has 1 aromatic carbocycles. The highest BCUT2D eigenvalue weighted by atomic mass is 19.4. The van der Waals surface area contributed by atoms with Crippen LogP contribution in [0.1, 0.15) is 11.5 Å². The third-order valence-corrected chi connectivity index (χ3v) is 4.40. The van der Waals surface area contributed by atoms with Crippen LogP contribution >= 0.6 is 0 Å². The zero-order valence-corrected chi connectivity index (χ0v) is 13.9. The van der Waals surface area contributed by atoms with E-state index in [2.05, 4.69) is 24.8 Å². The molecule has 2 aromatic heterocycles. The van der Waals surface area contributed by atoms with E-state index in [1.54, 1.807) is 4.90 Å². The van der Waals surface area contributed by atoms with Crippen molar-refractivity contribution in [3.63, 3.8) is 0 Å². The van der Waals surface area contributed by atoms with Gasteiger partial charge in [0.15, 0.2) is 0 Å². The summed E-state index contributed by atoms with van der Waals surface area (Å²) >= 11 is 0. The highest BCUT2D eigenvalue weighted by Gasteiger charge is 2.33. The van der Waals surface area contributed by atoms with E-state index in [1.807, 2.05) is 24.3 Å². The summed E-state index contributed by atoms with van der Waals surface area (Å²) in [6, 6.07) is 8.73. The predicted molar refractivity (Wildman–Crippen MR) is 90.6 cm³/mol. The Kier molecular flexibility index (Phi) is 4.23. The Morgan fingerprint density at radius 3 is 2.50 bits per heavy atom. The molecule has 0 atom stereocenters.